The van der Waals surface area contributed by atoms with Crippen molar-refractivity contribution in [1.82, 2.24) is 9.38 Å². The number of imidazole rings is 1. The minimum Gasteiger partial charge on any atom is -0.458 e. The van der Waals surface area contributed by atoms with Gasteiger partial charge in [0.15, 0.2) is 11.6 Å². The molecule has 4 heteroatoms. The molecule has 0 unspecified atom stereocenters. The van der Waals surface area contributed by atoms with Crippen molar-refractivity contribution < 1.29 is 4.42 Å². The monoisotopic (exact) mass is 276 g/mol. The van der Waals surface area contributed by atoms with E-state index >= 15 is 0 Å². The largest absolute Gasteiger partial charge is 0.458 e. The van der Waals surface area contributed by atoms with Gasteiger partial charge >= 0.3 is 0 Å². The summed E-state index contributed by atoms with van der Waals surface area (Å²) < 4.78 is 8.42. The second-order valence-corrected chi connectivity index (χ2v) is 4.34. The second kappa shape index (κ2) is 3.49. The zero-order valence-electron chi connectivity index (χ0n) is 8.64. The van der Waals surface area contributed by atoms with E-state index in [1.54, 1.807) is 0 Å². The van der Waals surface area contributed by atoms with Crippen LogP contribution in [-0.2, 0) is 0 Å². The molecule has 0 aliphatic heterocycles. The van der Waals surface area contributed by atoms with Gasteiger partial charge in [-0.3, -0.25) is 4.40 Å². The molecule has 3 aromatic rings. The topological polar surface area (TPSA) is 30.4 Å². The summed E-state index contributed by atoms with van der Waals surface area (Å²) in [6.07, 6.45) is 1.97. The van der Waals surface area contributed by atoms with Crippen LogP contribution in [0, 0.1) is 6.92 Å². The number of nitrogens with zero attached hydrogens (tertiary/aromatic N) is 2. The van der Waals surface area contributed by atoms with Gasteiger partial charge in [-0.05, 0) is 47.1 Å². The SMILES string of the molecule is Cc1ccc(-c2nc(Br)c3ccccn23)o1. The molecule has 0 aromatic carbocycles. The van der Waals surface area contributed by atoms with Gasteiger partial charge in [-0.1, -0.05) is 6.07 Å². The number of pyridine rings is 1. The van der Waals surface area contributed by atoms with Crippen LogP contribution in [0.3, 0.4) is 0 Å². The lowest BCUT2D eigenvalue weighted by atomic mass is 10.4. The maximum Gasteiger partial charge on any atom is 0.181 e. The van der Waals surface area contributed by atoms with E-state index in [2.05, 4.69) is 20.9 Å². The fourth-order valence-electron chi connectivity index (χ4n) is 1.73. The Labute approximate surface area is 101 Å². The van der Waals surface area contributed by atoms with E-state index in [4.69, 9.17) is 4.42 Å². The van der Waals surface area contributed by atoms with Gasteiger partial charge in [-0.25, -0.2) is 4.98 Å². The zero-order valence-corrected chi connectivity index (χ0v) is 10.2. The summed E-state index contributed by atoms with van der Waals surface area (Å²) in [6.45, 7) is 1.92. The van der Waals surface area contributed by atoms with Gasteiger partial charge in [0.05, 0.1) is 5.52 Å². The summed E-state index contributed by atoms with van der Waals surface area (Å²) in [7, 11) is 0. The van der Waals surface area contributed by atoms with Crippen LogP contribution in [0.15, 0.2) is 45.5 Å². The van der Waals surface area contributed by atoms with Crippen molar-refractivity contribution in [1.29, 1.82) is 0 Å². The van der Waals surface area contributed by atoms with Crippen LogP contribution >= 0.6 is 15.9 Å². The van der Waals surface area contributed by atoms with Gasteiger partial charge < -0.3 is 4.42 Å². The first kappa shape index (κ1) is 9.66. The average Bonchev–Trinajstić information content (AvgIpc) is 2.84. The Morgan fingerprint density at radius 3 is 2.88 bits per heavy atom. The first-order valence-corrected chi connectivity index (χ1v) is 5.74. The maximum atomic E-state index is 5.59. The third-order valence-corrected chi connectivity index (χ3v) is 3.05. The first-order valence-electron chi connectivity index (χ1n) is 4.95. The van der Waals surface area contributed by atoms with E-state index < -0.39 is 0 Å². The minimum absolute atomic E-state index is 0.782. The van der Waals surface area contributed by atoms with Crippen molar-refractivity contribution >= 4 is 21.4 Å². The Morgan fingerprint density at radius 2 is 2.12 bits per heavy atom. The molecule has 0 atom stereocenters. The third-order valence-electron chi connectivity index (χ3n) is 2.46. The molecule has 0 spiro atoms. The maximum absolute atomic E-state index is 5.59. The van der Waals surface area contributed by atoms with E-state index in [9.17, 15) is 0 Å². The molecule has 0 saturated heterocycles. The average molecular weight is 277 g/mol. The minimum atomic E-state index is 0.782. The second-order valence-electron chi connectivity index (χ2n) is 3.59. The van der Waals surface area contributed by atoms with Crippen molar-refractivity contribution in [2.24, 2.45) is 0 Å². The highest BCUT2D eigenvalue weighted by molar-refractivity contribution is 9.10. The van der Waals surface area contributed by atoms with E-state index in [1.807, 2.05) is 47.9 Å². The molecule has 3 nitrogen and oxygen atoms in total. The van der Waals surface area contributed by atoms with Crippen LogP contribution < -0.4 is 0 Å². The van der Waals surface area contributed by atoms with Gasteiger partial charge in [-0.2, -0.15) is 0 Å². The molecular formula is C12H9BrN2O. The Balaban J connectivity index is 2.32. The predicted molar refractivity (Wildman–Crippen MR) is 65.3 cm³/mol. The number of hydrogen-bond donors (Lipinski definition) is 0. The first-order chi connectivity index (χ1) is 7.75. The quantitative estimate of drug-likeness (QED) is 0.679. The fourth-order valence-corrected chi connectivity index (χ4v) is 2.22. The number of hydrogen-bond acceptors (Lipinski definition) is 2. The zero-order chi connectivity index (χ0) is 11.1. The van der Waals surface area contributed by atoms with Crippen molar-refractivity contribution in [3.63, 3.8) is 0 Å². The van der Waals surface area contributed by atoms with Gasteiger partial charge in [0, 0.05) is 6.20 Å². The molecule has 0 saturated carbocycles. The molecule has 0 bridgehead atoms. The molecule has 0 N–H and O–H groups in total. The molecule has 16 heavy (non-hydrogen) atoms. The van der Waals surface area contributed by atoms with E-state index in [1.165, 1.54) is 0 Å². The number of rotatable bonds is 1. The molecule has 0 aliphatic rings. The van der Waals surface area contributed by atoms with Gasteiger partial charge in [-0.15, -0.1) is 0 Å². The third kappa shape index (κ3) is 1.38. The van der Waals surface area contributed by atoms with Gasteiger partial charge in [0.25, 0.3) is 0 Å². The molecule has 0 fully saturated rings. The summed E-state index contributed by atoms with van der Waals surface area (Å²) in [6, 6.07) is 9.84. The lowest BCUT2D eigenvalue weighted by Gasteiger charge is -1.96. The molecule has 3 aromatic heterocycles. The highest BCUT2D eigenvalue weighted by Crippen LogP contribution is 2.26. The van der Waals surface area contributed by atoms with E-state index in [-0.39, 0.29) is 0 Å². The van der Waals surface area contributed by atoms with Crippen LogP contribution in [0.4, 0.5) is 0 Å². The van der Waals surface area contributed by atoms with E-state index in [0.717, 1.165) is 27.5 Å². The molecule has 0 radical (unpaired) electrons. The van der Waals surface area contributed by atoms with Crippen LogP contribution in [0.2, 0.25) is 0 Å². The van der Waals surface area contributed by atoms with Crippen LogP contribution in [-0.4, -0.2) is 9.38 Å². The van der Waals surface area contributed by atoms with Crippen LogP contribution in [0.1, 0.15) is 5.76 Å². The number of halogens is 1. The summed E-state index contributed by atoms with van der Waals surface area (Å²) in [4.78, 5) is 4.46. The summed E-state index contributed by atoms with van der Waals surface area (Å²) in [5.74, 6) is 2.48. The van der Waals surface area contributed by atoms with E-state index in [0.29, 0.717) is 0 Å². The standard InChI is InChI=1S/C12H9BrN2O/c1-8-5-6-10(16-8)12-14-11(13)9-4-2-3-7-15(9)12/h2-7H,1H3. The normalized spacial score (nSPS) is 11.1. The molecular weight excluding hydrogens is 268 g/mol. The summed E-state index contributed by atoms with van der Waals surface area (Å²) in [5, 5.41) is 0. The smallest absolute Gasteiger partial charge is 0.181 e. The summed E-state index contributed by atoms with van der Waals surface area (Å²) in [5.41, 5.74) is 1.03. The highest BCUT2D eigenvalue weighted by atomic mass is 79.9. The molecule has 0 amide bonds. The Kier molecular flexibility index (Phi) is 2.11. The Bertz CT molecular complexity index is 654. The molecule has 0 aliphatic carbocycles. The number of fused-ring (bicyclic) bond motifs is 1. The van der Waals surface area contributed by atoms with Gasteiger partial charge in [0.2, 0.25) is 0 Å². The van der Waals surface area contributed by atoms with Crippen LogP contribution in [0.5, 0.6) is 0 Å². The van der Waals surface area contributed by atoms with Crippen molar-refractivity contribution in [2.75, 3.05) is 0 Å². The number of aryl methyl sites for hydroxylation is 1. The molecule has 80 valence electrons. The van der Waals surface area contributed by atoms with Gasteiger partial charge in [0.1, 0.15) is 10.4 Å². The lowest BCUT2D eigenvalue weighted by molar-refractivity contribution is 0.544. The van der Waals surface area contributed by atoms with Crippen molar-refractivity contribution in [3.05, 3.63) is 46.9 Å². The number of aromatic nitrogens is 2. The molecule has 3 heterocycles. The van der Waals surface area contributed by atoms with Crippen LogP contribution in [0.25, 0.3) is 17.1 Å². The fraction of sp³-hybridized carbons (Fsp3) is 0.0833. The summed E-state index contributed by atoms with van der Waals surface area (Å²) >= 11 is 3.45. The lowest BCUT2D eigenvalue weighted by Crippen LogP contribution is -1.86. The number of furan rings is 1. The Morgan fingerprint density at radius 1 is 1.25 bits per heavy atom. The molecule has 3 rings (SSSR count). The Hall–Kier alpha value is -1.55. The van der Waals surface area contributed by atoms with Crippen molar-refractivity contribution in [3.8, 4) is 11.6 Å². The highest BCUT2D eigenvalue weighted by Gasteiger charge is 2.12. The van der Waals surface area contributed by atoms with Crippen molar-refractivity contribution in [2.45, 2.75) is 6.92 Å². The predicted octanol–water partition coefficient (Wildman–Crippen LogP) is 3.67.